The average Bonchev–Trinajstić information content (AvgIpc) is 2.94. The predicted molar refractivity (Wildman–Crippen MR) is 163 cm³/mol. The molecule has 1 N–H and O–H groups in total. The van der Waals surface area contributed by atoms with Gasteiger partial charge in [-0.2, -0.15) is 0 Å². The minimum atomic E-state index is -1.64. The molecule has 1 saturated carbocycles. The molecular formula is C35H42O10. The van der Waals surface area contributed by atoms with Crippen molar-refractivity contribution in [3.8, 4) is 0 Å². The highest BCUT2D eigenvalue weighted by molar-refractivity contribution is 5.93. The van der Waals surface area contributed by atoms with Crippen LogP contribution in [0.25, 0.3) is 6.08 Å². The summed E-state index contributed by atoms with van der Waals surface area (Å²) < 4.78 is 23.1. The van der Waals surface area contributed by atoms with Crippen LogP contribution in [0.2, 0.25) is 0 Å². The number of aliphatic hydroxyl groups is 1. The summed E-state index contributed by atoms with van der Waals surface area (Å²) in [5.74, 6) is -3.51. The fourth-order valence-electron chi connectivity index (χ4n) is 7.19. The van der Waals surface area contributed by atoms with E-state index in [4.69, 9.17) is 18.9 Å². The summed E-state index contributed by atoms with van der Waals surface area (Å²) in [7, 11) is 0. The van der Waals surface area contributed by atoms with E-state index in [9.17, 15) is 29.1 Å². The van der Waals surface area contributed by atoms with Crippen LogP contribution in [-0.2, 0) is 42.9 Å². The first-order valence-electron chi connectivity index (χ1n) is 15.1. The summed E-state index contributed by atoms with van der Waals surface area (Å²) in [4.78, 5) is 64.3. The number of ketones is 1. The highest BCUT2D eigenvalue weighted by atomic mass is 16.6. The summed E-state index contributed by atoms with van der Waals surface area (Å²) in [6.07, 6.45) is -0.553. The van der Waals surface area contributed by atoms with Gasteiger partial charge in [-0.25, -0.2) is 4.79 Å². The molecule has 0 aliphatic heterocycles. The first kappa shape index (κ1) is 33.8. The van der Waals surface area contributed by atoms with Crippen molar-refractivity contribution in [1.29, 1.82) is 0 Å². The molecule has 45 heavy (non-hydrogen) atoms. The quantitative estimate of drug-likeness (QED) is 0.209. The van der Waals surface area contributed by atoms with Gasteiger partial charge in [-0.3, -0.25) is 19.2 Å². The first-order valence-corrected chi connectivity index (χ1v) is 15.1. The van der Waals surface area contributed by atoms with Gasteiger partial charge in [-0.05, 0) is 66.5 Å². The third-order valence-corrected chi connectivity index (χ3v) is 9.37. The Hall–Kier alpha value is -4.05. The van der Waals surface area contributed by atoms with Gasteiger partial charge in [-0.15, -0.1) is 0 Å². The number of hydrogen-bond donors (Lipinski definition) is 1. The third kappa shape index (κ3) is 7.11. The molecule has 3 aliphatic rings. The SMILES string of the molecule is CC(=O)O[C@H]1C[C@@H]2[C@@H](OC(C)=O)/C=C3\C[C@@](C)(C(=O)[C@@H](O)C(=C1C)C2(C)C)[C@@H](OC(C)=O)C[C@@H]3OC(=O)/C=C/c1ccccc1. The van der Waals surface area contributed by atoms with Gasteiger partial charge in [0.05, 0.1) is 5.41 Å². The molecule has 0 aromatic heterocycles. The molecule has 0 unspecified atom stereocenters. The number of carbonyl (C=O) groups is 5. The summed E-state index contributed by atoms with van der Waals surface area (Å²) in [5.41, 5.74) is -0.173. The lowest BCUT2D eigenvalue weighted by atomic mass is 9.57. The van der Waals surface area contributed by atoms with E-state index in [0.717, 1.165) is 5.56 Å². The van der Waals surface area contributed by atoms with E-state index in [1.54, 1.807) is 26.0 Å². The number of benzene rings is 1. The van der Waals surface area contributed by atoms with Crippen molar-refractivity contribution < 1.29 is 48.0 Å². The van der Waals surface area contributed by atoms with Gasteiger partial charge in [0.25, 0.3) is 0 Å². The Kier molecular flexibility index (Phi) is 9.87. The zero-order valence-electron chi connectivity index (χ0n) is 26.8. The molecule has 4 rings (SSSR count). The van der Waals surface area contributed by atoms with Gasteiger partial charge in [0.15, 0.2) is 5.78 Å². The molecular weight excluding hydrogens is 580 g/mol. The molecule has 1 aromatic carbocycles. The maximum Gasteiger partial charge on any atom is 0.331 e. The number of aliphatic hydroxyl groups excluding tert-OH is 1. The molecule has 3 aliphatic carbocycles. The molecule has 7 atom stereocenters. The standard InChI is InChI=1S/C35H42O10/c1-19-26(42-20(2)36)16-25-28(43-21(3)37)15-24-18-35(7,33(41)32(40)31(19)34(25,5)6)29(44-22(4)38)17-27(24)45-30(39)14-13-23-11-9-8-10-12-23/h8-15,25-29,32,40H,16-18H2,1-7H3/b14-13+,24-15+/t25-,26+,27+,28+,29+,32+,35-/m1/s1. The Bertz CT molecular complexity index is 1450. The van der Waals surface area contributed by atoms with E-state index < -0.39 is 76.9 Å². The maximum atomic E-state index is 14.4. The van der Waals surface area contributed by atoms with Crippen LogP contribution in [0.1, 0.15) is 73.3 Å². The first-order chi connectivity index (χ1) is 21.0. The molecule has 1 fully saturated rings. The second kappa shape index (κ2) is 13.1. The number of hydrogen-bond acceptors (Lipinski definition) is 10. The van der Waals surface area contributed by atoms with Crippen LogP contribution in [0.5, 0.6) is 0 Å². The largest absolute Gasteiger partial charge is 0.461 e. The van der Waals surface area contributed by atoms with Crippen molar-refractivity contribution in [2.24, 2.45) is 16.7 Å². The van der Waals surface area contributed by atoms with Crippen LogP contribution in [0.3, 0.4) is 0 Å². The predicted octanol–water partition coefficient (Wildman–Crippen LogP) is 4.44. The van der Waals surface area contributed by atoms with Crippen molar-refractivity contribution in [3.05, 3.63) is 64.8 Å². The molecule has 0 heterocycles. The Balaban J connectivity index is 1.88. The number of Topliss-reactive ketones (excluding diaryl/α,β-unsaturated/α-hetero) is 1. The van der Waals surface area contributed by atoms with Gasteiger partial charge in [0.1, 0.15) is 30.5 Å². The maximum absolute atomic E-state index is 14.4. The Labute approximate surface area is 263 Å². The minimum Gasteiger partial charge on any atom is -0.461 e. The van der Waals surface area contributed by atoms with E-state index in [2.05, 4.69) is 0 Å². The Morgan fingerprint density at radius 1 is 0.867 bits per heavy atom. The van der Waals surface area contributed by atoms with Crippen LogP contribution in [0.4, 0.5) is 0 Å². The number of carbonyl (C=O) groups excluding carboxylic acids is 5. The molecule has 0 saturated heterocycles. The zero-order valence-corrected chi connectivity index (χ0v) is 26.8. The average molecular weight is 623 g/mol. The number of rotatable bonds is 6. The monoisotopic (exact) mass is 622 g/mol. The van der Waals surface area contributed by atoms with Gasteiger partial charge in [-0.1, -0.05) is 44.2 Å². The number of ether oxygens (including phenoxy) is 4. The lowest BCUT2D eigenvalue weighted by molar-refractivity contribution is -0.169. The highest BCUT2D eigenvalue weighted by Gasteiger charge is 2.57. The van der Waals surface area contributed by atoms with Gasteiger partial charge in [0.2, 0.25) is 0 Å². The zero-order chi connectivity index (χ0) is 33.3. The molecule has 10 heteroatoms. The second-order valence-electron chi connectivity index (χ2n) is 12.9. The minimum absolute atomic E-state index is 0.0359. The van der Waals surface area contributed by atoms with Crippen molar-refractivity contribution in [2.75, 3.05) is 0 Å². The van der Waals surface area contributed by atoms with Gasteiger partial charge >= 0.3 is 23.9 Å². The van der Waals surface area contributed by atoms with E-state index in [-0.39, 0.29) is 19.3 Å². The highest BCUT2D eigenvalue weighted by Crippen LogP contribution is 2.53. The molecule has 1 aromatic rings. The van der Waals surface area contributed by atoms with Gasteiger partial charge in [0, 0.05) is 39.2 Å². The van der Waals surface area contributed by atoms with Crippen LogP contribution in [0, 0.1) is 16.7 Å². The fourth-order valence-corrected chi connectivity index (χ4v) is 7.19. The van der Waals surface area contributed by atoms with E-state index >= 15 is 0 Å². The summed E-state index contributed by atoms with van der Waals surface area (Å²) >= 11 is 0. The van der Waals surface area contributed by atoms with Crippen molar-refractivity contribution >= 4 is 35.7 Å². The Morgan fingerprint density at radius 3 is 2.09 bits per heavy atom. The molecule has 0 amide bonds. The topological polar surface area (TPSA) is 143 Å². The molecule has 0 spiro atoms. The number of esters is 4. The van der Waals surface area contributed by atoms with Crippen molar-refractivity contribution in [1.82, 2.24) is 0 Å². The van der Waals surface area contributed by atoms with E-state index in [1.165, 1.54) is 26.8 Å². The third-order valence-electron chi connectivity index (χ3n) is 9.37. The van der Waals surface area contributed by atoms with Crippen LogP contribution in [0.15, 0.2) is 59.2 Å². The van der Waals surface area contributed by atoms with E-state index in [0.29, 0.717) is 16.7 Å². The summed E-state index contributed by atoms with van der Waals surface area (Å²) in [5, 5.41) is 11.8. The number of fused-ring (bicyclic) bond motifs is 4. The molecule has 242 valence electrons. The molecule has 10 nitrogen and oxygen atoms in total. The van der Waals surface area contributed by atoms with Gasteiger partial charge < -0.3 is 24.1 Å². The van der Waals surface area contributed by atoms with E-state index in [1.807, 2.05) is 44.2 Å². The van der Waals surface area contributed by atoms with Crippen molar-refractivity contribution in [3.63, 3.8) is 0 Å². The normalized spacial score (nSPS) is 32.2. The van der Waals surface area contributed by atoms with Crippen LogP contribution in [-0.4, -0.2) is 65.3 Å². The second-order valence-corrected chi connectivity index (χ2v) is 12.9. The smallest absolute Gasteiger partial charge is 0.331 e. The van der Waals surface area contributed by atoms with Crippen LogP contribution < -0.4 is 0 Å². The Morgan fingerprint density at radius 2 is 1.49 bits per heavy atom. The summed E-state index contributed by atoms with van der Waals surface area (Å²) in [6.45, 7) is 10.8. The van der Waals surface area contributed by atoms with Crippen LogP contribution >= 0.6 is 0 Å². The lowest BCUT2D eigenvalue weighted by Crippen LogP contribution is -2.56. The lowest BCUT2D eigenvalue weighted by Gasteiger charge is -2.51. The molecule has 4 bridgehead atoms. The fraction of sp³-hybridized carbons (Fsp3) is 0.514. The van der Waals surface area contributed by atoms with Crippen molar-refractivity contribution in [2.45, 2.75) is 98.2 Å². The molecule has 0 radical (unpaired) electrons. The summed E-state index contributed by atoms with van der Waals surface area (Å²) in [6, 6.07) is 9.19.